The third-order valence-electron chi connectivity index (χ3n) is 4.21. The Balaban J connectivity index is 1.68. The van der Waals surface area contributed by atoms with Crippen LogP contribution in [0.3, 0.4) is 0 Å². The van der Waals surface area contributed by atoms with Gasteiger partial charge in [0.25, 0.3) is 0 Å². The number of nitrogens with zero attached hydrogens (tertiary/aromatic N) is 2. The predicted molar refractivity (Wildman–Crippen MR) is 100 cm³/mol. The van der Waals surface area contributed by atoms with Gasteiger partial charge < -0.3 is 9.64 Å². The highest BCUT2D eigenvalue weighted by molar-refractivity contribution is 7.89. The molecule has 1 heterocycles. The van der Waals surface area contributed by atoms with E-state index in [-0.39, 0.29) is 9.92 Å². The number of piperazine rings is 1. The number of hydrogen-bond donors (Lipinski definition) is 0. The molecule has 7 heteroatoms. The van der Waals surface area contributed by atoms with Crippen molar-refractivity contribution in [3.05, 3.63) is 53.6 Å². The second-order valence-corrected chi connectivity index (χ2v) is 8.06. The zero-order valence-electron chi connectivity index (χ0n) is 14.1. The minimum atomic E-state index is -3.56. The first-order valence-electron chi connectivity index (χ1n) is 8.25. The summed E-state index contributed by atoms with van der Waals surface area (Å²) in [7, 11) is -3.56. The molecule has 2 aromatic rings. The van der Waals surface area contributed by atoms with Crippen LogP contribution in [-0.2, 0) is 10.0 Å². The van der Waals surface area contributed by atoms with Crippen LogP contribution in [-0.4, -0.2) is 45.5 Å². The van der Waals surface area contributed by atoms with Gasteiger partial charge in [-0.15, -0.1) is 0 Å². The van der Waals surface area contributed by atoms with Crippen molar-refractivity contribution >= 4 is 27.3 Å². The van der Waals surface area contributed by atoms with E-state index in [0.29, 0.717) is 32.8 Å². The van der Waals surface area contributed by atoms with E-state index in [4.69, 9.17) is 16.3 Å². The second kappa shape index (κ2) is 7.64. The molecule has 0 radical (unpaired) electrons. The van der Waals surface area contributed by atoms with Gasteiger partial charge in [0.2, 0.25) is 10.0 Å². The van der Waals surface area contributed by atoms with Crippen molar-refractivity contribution < 1.29 is 13.2 Å². The Morgan fingerprint density at radius 1 is 1.00 bits per heavy atom. The van der Waals surface area contributed by atoms with Crippen molar-refractivity contribution in [2.45, 2.75) is 11.8 Å². The monoisotopic (exact) mass is 380 g/mol. The van der Waals surface area contributed by atoms with E-state index in [0.717, 1.165) is 11.4 Å². The van der Waals surface area contributed by atoms with E-state index in [2.05, 4.69) is 4.90 Å². The molecule has 0 aromatic heterocycles. The first-order chi connectivity index (χ1) is 12.0. The molecule has 5 nitrogen and oxygen atoms in total. The summed E-state index contributed by atoms with van der Waals surface area (Å²) >= 11 is 6.06. The maximum atomic E-state index is 12.8. The van der Waals surface area contributed by atoms with Crippen LogP contribution in [0.1, 0.15) is 6.92 Å². The van der Waals surface area contributed by atoms with Crippen LogP contribution in [0.25, 0.3) is 0 Å². The average Bonchev–Trinajstić information content (AvgIpc) is 2.63. The first kappa shape index (κ1) is 18.0. The lowest BCUT2D eigenvalue weighted by Gasteiger charge is -2.35. The Morgan fingerprint density at radius 3 is 2.24 bits per heavy atom. The summed E-state index contributed by atoms with van der Waals surface area (Å²) < 4.78 is 32.5. The summed E-state index contributed by atoms with van der Waals surface area (Å²) in [6, 6.07) is 14.4. The minimum Gasteiger partial charge on any atom is -0.494 e. The van der Waals surface area contributed by atoms with Crippen molar-refractivity contribution in [2.75, 3.05) is 37.7 Å². The Labute approximate surface area is 153 Å². The molecule has 1 saturated heterocycles. The van der Waals surface area contributed by atoms with E-state index >= 15 is 0 Å². The highest BCUT2D eigenvalue weighted by Gasteiger charge is 2.29. The zero-order chi connectivity index (χ0) is 17.9. The van der Waals surface area contributed by atoms with Crippen LogP contribution >= 0.6 is 11.6 Å². The molecule has 0 saturated carbocycles. The highest BCUT2D eigenvalue weighted by Crippen LogP contribution is 2.26. The predicted octanol–water partition coefficient (Wildman–Crippen LogP) is 3.25. The Bertz CT molecular complexity index is 816. The van der Waals surface area contributed by atoms with Crippen LogP contribution in [0.2, 0.25) is 5.02 Å². The van der Waals surface area contributed by atoms with E-state index < -0.39 is 10.0 Å². The number of hydrogen-bond acceptors (Lipinski definition) is 4. The summed E-state index contributed by atoms with van der Waals surface area (Å²) in [5.74, 6) is 0.839. The van der Waals surface area contributed by atoms with Crippen molar-refractivity contribution in [1.82, 2.24) is 4.31 Å². The Morgan fingerprint density at radius 2 is 1.64 bits per heavy atom. The third-order valence-corrected chi connectivity index (χ3v) is 6.60. The molecule has 0 unspecified atom stereocenters. The van der Waals surface area contributed by atoms with Gasteiger partial charge in [-0.1, -0.05) is 23.7 Å². The van der Waals surface area contributed by atoms with E-state index in [1.165, 1.54) is 4.31 Å². The SMILES string of the molecule is CCOc1ccc(N2CCN(S(=O)(=O)c3ccccc3Cl)CC2)cc1. The maximum absolute atomic E-state index is 12.8. The van der Waals surface area contributed by atoms with Gasteiger partial charge in [-0.2, -0.15) is 4.31 Å². The summed E-state index contributed by atoms with van der Waals surface area (Å²) in [6.07, 6.45) is 0. The minimum absolute atomic E-state index is 0.172. The van der Waals surface area contributed by atoms with Gasteiger partial charge in [0.1, 0.15) is 10.6 Å². The lowest BCUT2D eigenvalue weighted by Crippen LogP contribution is -2.48. The Kier molecular flexibility index (Phi) is 5.51. The summed E-state index contributed by atoms with van der Waals surface area (Å²) in [5.41, 5.74) is 1.07. The molecular weight excluding hydrogens is 360 g/mol. The standard InChI is InChI=1S/C18H21ClN2O3S/c1-2-24-16-9-7-15(8-10-16)20-11-13-21(14-12-20)25(22,23)18-6-4-3-5-17(18)19/h3-10H,2,11-14H2,1H3. The van der Waals surface area contributed by atoms with E-state index in [1.807, 2.05) is 31.2 Å². The fraction of sp³-hybridized carbons (Fsp3) is 0.333. The van der Waals surface area contributed by atoms with Gasteiger partial charge in [-0.3, -0.25) is 0 Å². The zero-order valence-corrected chi connectivity index (χ0v) is 15.6. The molecule has 0 N–H and O–H groups in total. The van der Waals surface area contributed by atoms with Crippen molar-refractivity contribution in [1.29, 1.82) is 0 Å². The molecule has 1 aliphatic heterocycles. The average molecular weight is 381 g/mol. The molecule has 0 atom stereocenters. The smallest absolute Gasteiger partial charge is 0.244 e. The Hall–Kier alpha value is -1.76. The molecule has 0 amide bonds. The number of benzene rings is 2. The van der Waals surface area contributed by atoms with Gasteiger partial charge in [-0.25, -0.2) is 8.42 Å². The van der Waals surface area contributed by atoms with Crippen LogP contribution in [0, 0.1) is 0 Å². The number of rotatable bonds is 5. The first-order valence-corrected chi connectivity index (χ1v) is 10.1. The number of halogens is 1. The third kappa shape index (κ3) is 3.92. The van der Waals surface area contributed by atoms with Crippen LogP contribution in [0.15, 0.2) is 53.4 Å². The number of sulfonamides is 1. The number of ether oxygens (including phenoxy) is 1. The molecule has 1 aliphatic rings. The molecule has 1 fully saturated rings. The molecule has 3 rings (SSSR count). The summed E-state index contributed by atoms with van der Waals surface area (Å²) in [4.78, 5) is 2.35. The lowest BCUT2D eigenvalue weighted by atomic mass is 10.2. The molecule has 25 heavy (non-hydrogen) atoms. The molecule has 0 spiro atoms. The molecular formula is C18H21ClN2O3S. The van der Waals surface area contributed by atoms with Gasteiger partial charge >= 0.3 is 0 Å². The maximum Gasteiger partial charge on any atom is 0.244 e. The topological polar surface area (TPSA) is 49.9 Å². The van der Waals surface area contributed by atoms with Gasteiger partial charge in [0, 0.05) is 31.9 Å². The van der Waals surface area contributed by atoms with Crippen LogP contribution < -0.4 is 9.64 Å². The van der Waals surface area contributed by atoms with Gasteiger partial charge in [0.15, 0.2) is 0 Å². The van der Waals surface area contributed by atoms with E-state index in [9.17, 15) is 8.42 Å². The second-order valence-electron chi connectivity index (χ2n) is 5.75. The molecule has 0 bridgehead atoms. The molecule has 0 aliphatic carbocycles. The van der Waals surface area contributed by atoms with Crippen LogP contribution in [0.4, 0.5) is 5.69 Å². The van der Waals surface area contributed by atoms with Crippen LogP contribution in [0.5, 0.6) is 5.75 Å². The largest absolute Gasteiger partial charge is 0.494 e. The fourth-order valence-electron chi connectivity index (χ4n) is 2.90. The van der Waals surface area contributed by atoms with E-state index in [1.54, 1.807) is 24.3 Å². The van der Waals surface area contributed by atoms with Gasteiger partial charge in [-0.05, 0) is 43.3 Å². The van der Waals surface area contributed by atoms with Crippen molar-refractivity contribution in [2.24, 2.45) is 0 Å². The fourth-order valence-corrected chi connectivity index (χ4v) is 4.81. The quantitative estimate of drug-likeness (QED) is 0.799. The normalized spacial score (nSPS) is 16.0. The van der Waals surface area contributed by atoms with Crippen molar-refractivity contribution in [3.8, 4) is 5.75 Å². The molecule has 2 aromatic carbocycles. The lowest BCUT2D eigenvalue weighted by molar-refractivity contribution is 0.340. The highest BCUT2D eigenvalue weighted by atomic mass is 35.5. The van der Waals surface area contributed by atoms with Crippen molar-refractivity contribution in [3.63, 3.8) is 0 Å². The number of anilines is 1. The summed E-state index contributed by atoms with van der Waals surface area (Å²) in [6.45, 7) is 4.72. The van der Waals surface area contributed by atoms with Gasteiger partial charge in [0.05, 0.1) is 11.6 Å². The molecule has 134 valence electrons. The summed E-state index contributed by atoms with van der Waals surface area (Å²) in [5, 5.41) is 0.261.